The Balaban J connectivity index is 1.60. The summed E-state index contributed by atoms with van der Waals surface area (Å²) < 4.78 is 10.6. The molecule has 27 heavy (non-hydrogen) atoms. The predicted molar refractivity (Wildman–Crippen MR) is 102 cm³/mol. The minimum absolute atomic E-state index is 0.0453. The van der Waals surface area contributed by atoms with E-state index in [2.05, 4.69) is 0 Å². The van der Waals surface area contributed by atoms with Crippen LogP contribution in [0.5, 0.6) is 11.5 Å². The molecule has 1 aliphatic rings. The maximum atomic E-state index is 12.8. The van der Waals surface area contributed by atoms with Crippen LogP contribution in [0.25, 0.3) is 0 Å². The van der Waals surface area contributed by atoms with Gasteiger partial charge in [-0.2, -0.15) is 0 Å². The zero-order valence-corrected chi connectivity index (χ0v) is 15.7. The van der Waals surface area contributed by atoms with Crippen LogP contribution in [0.4, 0.5) is 0 Å². The molecule has 6 heteroatoms. The molecule has 3 rings (SSSR count). The lowest BCUT2D eigenvalue weighted by Crippen LogP contribution is -2.51. The summed E-state index contributed by atoms with van der Waals surface area (Å²) in [6.45, 7) is 2.06. The van der Waals surface area contributed by atoms with E-state index >= 15 is 0 Å². The number of para-hydroxylation sites is 2. The van der Waals surface area contributed by atoms with E-state index < -0.39 is 0 Å². The van der Waals surface area contributed by atoms with Gasteiger partial charge in [0.2, 0.25) is 5.91 Å². The van der Waals surface area contributed by atoms with E-state index in [4.69, 9.17) is 9.47 Å². The fraction of sp³-hybridized carbons (Fsp3) is 0.333. The highest BCUT2D eigenvalue weighted by molar-refractivity contribution is 5.97. The van der Waals surface area contributed by atoms with Gasteiger partial charge in [-0.1, -0.05) is 30.3 Å². The molecule has 0 bridgehead atoms. The lowest BCUT2D eigenvalue weighted by molar-refractivity contribution is -0.131. The first kappa shape index (κ1) is 18.8. The van der Waals surface area contributed by atoms with Crippen molar-refractivity contribution < 1.29 is 19.1 Å². The van der Waals surface area contributed by atoms with Crippen molar-refractivity contribution in [1.29, 1.82) is 0 Å². The number of nitrogens with zero attached hydrogens (tertiary/aromatic N) is 2. The van der Waals surface area contributed by atoms with E-state index in [9.17, 15) is 9.59 Å². The maximum absolute atomic E-state index is 12.8. The number of hydrogen-bond acceptors (Lipinski definition) is 4. The Bertz CT molecular complexity index is 813. The van der Waals surface area contributed by atoms with Crippen LogP contribution in [0.3, 0.4) is 0 Å². The number of carbonyl (C=O) groups is 2. The van der Waals surface area contributed by atoms with E-state index in [-0.39, 0.29) is 11.8 Å². The summed E-state index contributed by atoms with van der Waals surface area (Å²) in [6, 6.07) is 14.7. The molecule has 0 atom stereocenters. The van der Waals surface area contributed by atoms with Gasteiger partial charge in [-0.25, -0.2) is 0 Å². The highest BCUT2D eigenvalue weighted by atomic mass is 16.5. The van der Waals surface area contributed by atoms with E-state index in [1.807, 2.05) is 36.4 Å². The minimum Gasteiger partial charge on any atom is -0.496 e. The van der Waals surface area contributed by atoms with E-state index in [1.54, 1.807) is 36.2 Å². The van der Waals surface area contributed by atoms with Gasteiger partial charge < -0.3 is 19.3 Å². The van der Waals surface area contributed by atoms with Gasteiger partial charge >= 0.3 is 0 Å². The fourth-order valence-electron chi connectivity index (χ4n) is 3.27. The number of rotatable bonds is 5. The minimum atomic E-state index is -0.0655. The van der Waals surface area contributed by atoms with Crippen LogP contribution < -0.4 is 9.47 Å². The Kier molecular flexibility index (Phi) is 5.96. The first-order valence-electron chi connectivity index (χ1n) is 8.96. The third-order valence-corrected chi connectivity index (χ3v) is 4.79. The molecule has 2 aromatic carbocycles. The van der Waals surface area contributed by atoms with Gasteiger partial charge in [-0.15, -0.1) is 0 Å². The molecule has 0 saturated carbocycles. The summed E-state index contributed by atoms with van der Waals surface area (Å²) in [5.74, 6) is 1.26. The molecule has 0 spiro atoms. The molecule has 6 nitrogen and oxygen atoms in total. The normalized spacial score (nSPS) is 14.0. The Morgan fingerprint density at radius 2 is 1.37 bits per heavy atom. The molecule has 0 radical (unpaired) electrons. The van der Waals surface area contributed by atoms with Gasteiger partial charge in [0, 0.05) is 31.7 Å². The quantitative estimate of drug-likeness (QED) is 0.812. The predicted octanol–water partition coefficient (Wildman–Crippen LogP) is 2.23. The molecule has 1 fully saturated rings. The molecular formula is C21H24N2O4. The van der Waals surface area contributed by atoms with Crippen LogP contribution in [0.15, 0.2) is 48.5 Å². The highest BCUT2D eigenvalue weighted by Crippen LogP contribution is 2.21. The number of piperazine rings is 1. The molecule has 2 aromatic rings. The van der Waals surface area contributed by atoms with Crippen LogP contribution in [0.2, 0.25) is 0 Å². The van der Waals surface area contributed by atoms with Crippen molar-refractivity contribution in [2.75, 3.05) is 40.4 Å². The summed E-state index contributed by atoms with van der Waals surface area (Å²) >= 11 is 0. The average molecular weight is 368 g/mol. The summed E-state index contributed by atoms with van der Waals surface area (Å²) in [7, 11) is 3.16. The van der Waals surface area contributed by atoms with E-state index in [1.165, 1.54) is 0 Å². The first-order chi connectivity index (χ1) is 13.1. The number of amides is 2. The molecule has 2 amide bonds. The van der Waals surface area contributed by atoms with Crippen LogP contribution in [0.1, 0.15) is 15.9 Å². The Morgan fingerprint density at radius 3 is 2.04 bits per heavy atom. The monoisotopic (exact) mass is 368 g/mol. The number of carbonyl (C=O) groups excluding carboxylic acids is 2. The lowest BCUT2D eigenvalue weighted by atomic mass is 10.1. The third-order valence-electron chi connectivity index (χ3n) is 4.79. The van der Waals surface area contributed by atoms with E-state index in [0.29, 0.717) is 43.9 Å². The number of benzene rings is 2. The van der Waals surface area contributed by atoms with Gasteiger partial charge in [-0.3, -0.25) is 9.59 Å². The van der Waals surface area contributed by atoms with Gasteiger partial charge in [0.1, 0.15) is 11.5 Å². The smallest absolute Gasteiger partial charge is 0.257 e. The summed E-state index contributed by atoms with van der Waals surface area (Å²) in [5, 5.41) is 0. The maximum Gasteiger partial charge on any atom is 0.257 e. The Morgan fingerprint density at radius 1 is 0.815 bits per heavy atom. The average Bonchev–Trinajstić information content (AvgIpc) is 2.73. The summed E-state index contributed by atoms with van der Waals surface area (Å²) in [5.41, 5.74) is 1.42. The molecular weight excluding hydrogens is 344 g/mol. The third kappa shape index (κ3) is 4.22. The van der Waals surface area contributed by atoms with Crippen molar-refractivity contribution in [3.63, 3.8) is 0 Å². The summed E-state index contributed by atoms with van der Waals surface area (Å²) in [6.07, 6.45) is 0.296. The van der Waals surface area contributed by atoms with Crippen LogP contribution in [-0.4, -0.2) is 62.0 Å². The van der Waals surface area contributed by atoms with Crippen molar-refractivity contribution in [3.8, 4) is 11.5 Å². The zero-order valence-electron chi connectivity index (χ0n) is 15.7. The van der Waals surface area contributed by atoms with Gasteiger partial charge in [0.15, 0.2) is 0 Å². The van der Waals surface area contributed by atoms with Crippen molar-refractivity contribution in [3.05, 3.63) is 59.7 Å². The summed E-state index contributed by atoms with van der Waals surface area (Å²) in [4.78, 5) is 29.0. The largest absolute Gasteiger partial charge is 0.496 e. The molecule has 1 heterocycles. The Hall–Kier alpha value is -3.02. The van der Waals surface area contributed by atoms with Gasteiger partial charge in [-0.05, 0) is 18.2 Å². The molecule has 0 N–H and O–H groups in total. The molecule has 1 saturated heterocycles. The van der Waals surface area contributed by atoms with E-state index in [0.717, 1.165) is 11.3 Å². The van der Waals surface area contributed by atoms with Crippen LogP contribution in [-0.2, 0) is 11.2 Å². The fourth-order valence-corrected chi connectivity index (χ4v) is 3.27. The van der Waals surface area contributed by atoms with Crippen molar-refractivity contribution >= 4 is 11.8 Å². The zero-order chi connectivity index (χ0) is 19.2. The lowest BCUT2D eigenvalue weighted by Gasteiger charge is -2.35. The molecule has 0 unspecified atom stereocenters. The topological polar surface area (TPSA) is 59.1 Å². The van der Waals surface area contributed by atoms with Gasteiger partial charge in [0.25, 0.3) is 5.91 Å². The second kappa shape index (κ2) is 8.58. The Labute approximate surface area is 159 Å². The SMILES string of the molecule is COc1ccccc1CC(=O)N1CCN(C(=O)c2ccccc2OC)CC1. The molecule has 0 aliphatic carbocycles. The second-order valence-electron chi connectivity index (χ2n) is 6.36. The van der Waals surface area contributed by atoms with Gasteiger partial charge in [0.05, 0.1) is 26.2 Å². The first-order valence-corrected chi connectivity index (χ1v) is 8.96. The standard InChI is InChI=1S/C21H24N2O4/c1-26-18-9-5-3-7-16(18)15-20(24)22-11-13-23(14-12-22)21(25)17-8-4-6-10-19(17)27-2/h3-10H,11-15H2,1-2H3. The molecule has 142 valence electrons. The van der Waals surface area contributed by atoms with Crippen molar-refractivity contribution in [1.82, 2.24) is 9.80 Å². The molecule has 1 aliphatic heterocycles. The second-order valence-corrected chi connectivity index (χ2v) is 6.36. The number of hydrogen-bond donors (Lipinski definition) is 0. The van der Waals surface area contributed by atoms with Crippen molar-refractivity contribution in [2.45, 2.75) is 6.42 Å². The highest BCUT2D eigenvalue weighted by Gasteiger charge is 2.26. The number of methoxy groups -OCH3 is 2. The van der Waals surface area contributed by atoms with Crippen LogP contribution in [0, 0.1) is 0 Å². The van der Waals surface area contributed by atoms with Crippen LogP contribution >= 0.6 is 0 Å². The number of ether oxygens (including phenoxy) is 2. The van der Waals surface area contributed by atoms with Crippen molar-refractivity contribution in [2.24, 2.45) is 0 Å². The molecule has 0 aromatic heterocycles.